The molecule has 2 N–H and O–H groups in total. The quantitative estimate of drug-likeness (QED) is 0.752. The molecule has 0 radical (unpaired) electrons. The first kappa shape index (κ1) is 11.4. The molecule has 2 aliphatic rings. The number of nitrogens with zero attached hydrogens (tertiary/aromatic N) is 2. The number of nitrogens with two attached hydrogens (primary N) is 1. The van der Waals surface area contributed by atoms with Gasteiger partial charge in [0.1, 0.15) is 0 Å². The minimum Gasteiger partial charge on any atom is -0.330 e. The molecule has 2 atom stereocenters. The maximum atomic E-state index is 5.64. The Balaban J connectivity index is 1.90. The van der Waals surface area contributed by atoms with Gasteiger partial charge in [-0.05, 0) is 58.8 Å². The highest BCUT2D eigenvalue weighted by atomic mass is 15.3. The van der Waals surface area contributed by atoms with Crippen LogP contribution in [-0.4, -0.2) is 54.6 Å². The summed E-state index contributed by atoms with van der Waals surface area (Å²) in [5, 5.41) is 0. The molecule has 0 aromatic carbocycles. The van der Waals surface area contributed by atoms with E-state index in [0.29, 0.717) is 6.04 Å². The van der Waals surface area contributed by atoms with Crippen LogP contribution in [0.4, 0.5) is 0 Å². The van der Waals surface area contributed by atoms with Crippen molar-refractivity contribution < 1.29 is 0 Å². The van der Waals surface area contributed by atoms with E-state index in [4.69, 9.17) is 5.73 Å². The average Bonchev–Trinajstić information content (AvgIpc) is 2.56. The summed E-state index contributed by atoms with van der Waals surface area (Å²) in [4.78, 5) is 5.35. The third-order valence-corrected chi connectivity index (χ3v) is 4.04. The molecule has 2 unspecified atom stereocenters. The van der Waals surface area contributed by atoms with Crippen molar-refractivity contribution >= 4 is 0 Å². The molecule has 0 amide bonds. The van der Waals surface area contributed by atoms with Crippen molar-refractivity contribution in [2.24, 2.45) is 5.73 Å². The van der Waals surface area contributed by atoms with Crippen molar-refractivity contribution in [3.05, 3.63) is 0 Å². The largest absolute Gasteiger partial charge is 0.330 e. The maximum absolute atomic E-state index is 5.64. The molecule has 0 aliphatic carbocycles. The van der Waals surface area contributed by atoms with Crippen LogP contribution >= 0.6 is 0 Å². The van der Waals surface area contributed by atoms with Gasteiger partial charge in [-0.25, -0.2) is 0 Å². The molecular weight excluding hydrogens is 186 g/mol. The molecule has 15 heavy (non-hydrogen) atoms. The first-order valence-electron chi connectivity index (χ1n) is 6.49. The summed E-state index contributed by atoms with van der Waals surface area (Å²) in [7, 11) is 0. The van der Waals surface area contributed by atoms with E-state index in [0.717, 1.165) is 19.0 Å². The summed E-state index contributed by atoms with van der Waals surface area (Å²) < 4.78 is 0. The summed E-state index contributed by atoms with van der Waals surface area (Å²) in [6.45, 7) is 8.36. The highest BCUT2D eigenvalue weighted by Crippen LogP contribution is 2.22. The van der Waals surface area contributed by atoms with Crippen LogP contribution in [0.3, 0.4) is 0 Å². The van der Waals surface area contributed by atoms with Crippen molar-refractivity contribution in [3.8, 4) is 0 Å². The van der Waals surface area contributed by atoms with E-state index in [2.05, 4.69) is 16.7 Å². The van der Waals surface area contributed by atoms with E-state index < -0.39 is 0 Å². The van der Waals surface area contributed by atoms with E-state index in [1.807, 2.05) is 0 Å². The molecular formula is C12H25N3. The highest BCUT2D eigenvalue weighted by molar-refractivity contribution is 4.86. The van der Waals surface area contributed by atoms with E-state index in [1.165, 1.54) is 45.4 Å². The zero-order valence-corrected chi connectivity index (χ0v) is 9.99. The molecule has 2 heterocycles. The Morgan fingerprint density at radius 3 is 2.87 bits per heavy atom. The van der Waals surface area contributed by atoms with E-state index in [1.54, 1.807) is 0 Å². The molecule has 0 aromatic heterocycles. The van der Waals surface area contributed by atoms with Gasteiger partial charge in [-0.1, -0.05) is 0 Å². The van der Waals surface area contributed by atoms with Gasteiger partial charge in [-0.3, -0.25) is 9.80 Å². The summed E-state index contributed by atoms with van der Waals surface area (Å²) in [6.07, 6.45) is 5.30. The number of hydrogen-bond donors (Lipinski definition) is 1. The molecule has 88 valence electrons. The van der Waals surface area contributed by atoms with Crippen molar-refractivity contribution in [3.63, 3.8) is 0 Å². The monoisotopic (exact) mass is 211 g/mol. The fourth-order valence-electron chi connectivity index (χ4n) is 3.06. The van der Waals surface area contributed by atoms with Gasteiger partial charge < -0.3 is 5.73 Å². The highest BCUT2D eigenvalue weighted by Gasteiger charge is 2.29. The van der Waals surface area contributed by atoms with E-state index >= 15 is 0 Å². The number of hydrogen-bond acceptors (Lipinski definition) is 3. The zero-order chi connectivity index (χ0) is 10.7. The van der Waals surface area contributed by atoms with Gasteiger partial charge in [0, 0.05) is 18.6 Å². The van der Waals surface area contributed by atoms with Gasteiger partial charge in [0.05, 0.1) is 0 Å². The van der Waals surface area contributed by atoms with Crippen molar-refractivity contribution in [1.29, 1.82) is 0 Å². The lowest BCUT2D eigenvalue weighted by Gasteiger charge is -2.30. The molecule has 0 spiro atoms. The molecule has 2 fully saturated rings. The summed E-state index contributed by atoms with van der Waals surface area (Å²) in [5.74, 6) is 0. The Morgan fingerprint density at radius 1 is 1.27 bits per heavy atom. The summed E-state index contributed by atoms with van der Waals surface area (Å²) in [6, 6.07) is 1.52. The van der Waals surface area contributed by atoms with Crippen LogP contribution in [0.5, 0.6) is 0 Å². The Kier molecular flexibility index (Phi) is 4.00. The zero-order valence-electron chi connectivity index (χ0n) is 9.99. The topological polar surface area (TPSA) is 32.5 Å². The molecule has 3 heteroatoms. The van der Waals surface area contributed by atoms with Crippen LogP contribution in [0.1, 0.15) is 32.6 Å². The second-order valence-corrected chi connectivity index (χ2v) is 5.11. The standard InChI is InChI=1S/C12H25N3/c1-11(5-6-13)15-9-3-8-14-7-2-4-12(14)10-15/h11-12H,2-10,13H2,1H3. The molecule has 2 rings (SSSR count). The molecule has 2 aliphatic heterocycles. The van der Waals surface area contributed by atoms with Gasteiger partial charge in [0.2, 0.25) is 0 Å². The van der Waals surface area contributed by atoms with E-state index in [9.17, 15) is 0 Å². The molecule has 3 nitrogen and oxygen atoms in total. The van der Waals surface area contributed by atoms with Crippen LogP contribution in [0.25, 0.3) is 0 Å². The van der Waals surface area contributed by atoms with Gasteiger partial charge in [0.15, 0.2) is 0 Å². The van der Waals surface area contributed by atoms with E-state index in [-0.39, 0.29) is 0 Å². The van der Waals surface area contributed by atoms with Crippen LogP contribution in [0, 0.1) is 0 Å². The molecule has 0 saturated carbocycles. The number of rotatable bonds is 3. The Bertz CT molecular complexity index is 195. The smallest absolute Gasteiger partial charge is 0.0223 e. The van der Waals surface area contributed by atoms with Gasteiger partial charge in [-0.2, -0.15) is 0 Å². The molecule has 0 aromatic rings. The summed E-state index contributed by atoms with van der Waals surface area (Å²) in [5.41, 5.74) is 5.64. The molecule has 0 bridgehead atoms. The average molecular weight is 211 g/mol. The lowest BCUT2D eigenvalue weighted by Crippen LogP contribution is -2.41. The van der Waals surface area contributed by atoms with Crippen molar-refractivity contribution in [2.45, 2.75) is 44.7 Å². The second kappa shape index (κ2) is 5.28. The van der Waals surface area contributed by atoms with Crippen molar-refractivity contribution in [1.82, 2.24) is 9.80 Å². The fraction of sp³-hybridized carbons (Fsp3) is 1.00. The Hall–Kier alpha value is -0.120. The first-order valence-corrected chi connectivity index (χ1v) is 6.49. The van der Waals surface area contributed by atoms with Crippen molar-refractivity contribution in [2.75, 3.05) is 32.7 Å². The van der Waals surface area contributed by atoms with Crippen LogP contribution in [-0.2, 0) is 0 Å². The lowest BCUT2D eigenvalue weighted by atomic mass is 10.1. The van der Waals surface area contributed by atoms with Gasteiger partial charge >= 0.3 is 0 Å². The molecule has 2 saturated heterocycles. The third kappa shape index (κ3) is 2.71. The normalized spacial score (nSPS) is 31.2. The predicted octanol–water partition coefficient (Wildman–Crippen LogP) is 0.894. The van der Waals surface area contributed by atoms with Crippen LogP contribution in [0.2, 0.25) is 0 Å². The predicted molar refractivity (Wildman–Crippen MR) is 63.9 cm³/mol. The van der Waals surface area contributed by atoms with Crippen LogP contribution in [0.15, 0.2) is 0 Å². The SMILES string of the molecule is CC(CCN)N1CCCN2CCCC2C1. The van der Waals surface area contributed by atoms with Crippen LogP contribution < -0.4 is 5.73 Å². The number of fused-ring (bicyclic) bond motifs is 1. The third-order valence-electron chi connectivity index (χ3n) is 4.04. The summed E-state index contributed by atoms with van der Waals surface area (Å²) >= 11 is 0. The second-order valence-electron chi connectivity index (χ2n) is 5.11. The minimum atomic E-state index is 0.676. The van der Waals surface area contributed by atoms with Gasteiger partial charge in [-0.15, -0.1) is 0 Å². The lowest BCUT2D eigenvalue weighted by molar-refractivity contribution is 0.176. The van der Waals surface area contributed by atoms with Gasteiger partial charge in [0.25, 0.3) is 0 Å². The Labute approximate surface area is 93.6 Å². The first-order chi connectivity index (χ1) is 7.31. The minimum absolute atomic E-state index is 0.676. The maximum Gasteiger partial charge on any atom is 0.0223 e. The fourth-order valence-corrected chi connectivity index (χ4v) is 3.06. The Morgan fingerprint density at radius 2 is 2.07 bits per heavy atom.